The van der Waals surface area contributed by atoms with Crippen LogP contribution in [0.5, 0.6) is 0 Å². The molecule has 1 N–H and O–H groups in total. The quantitative estimate of drug-likeness (QED) is 0.855. The molecule has 1 aliphatic rings. The molecular weight excluding hydrogens is 267 g/mol. The predicted octanol–water partition coefficient (Wildman–Crippen LogP) is 3.78. The summed E-state index contributed by atoms with van der Waals surface area (Å²) in [7, 11) is 0. The van der Waals surface area contributed by atoms with Crippen molar-refractivity contribution in [3.05, 3.63) is 18.0 Å². The first kappa shape index (κ1) is 15.4. The Morgan fingerprint density at radius 3 is 2.70 bits per heavy atom. The molecule has 1 aromatic rings. The van der Waals surface area contributed by atoms with Crippen LogP contribution in [-0.4, -0.2) is 22.4 Å². The molecule has 2 atom stereocenters. The molecule has 20 heavy (non-hydrogen) atoms. The number of aromatic nitrogens is 2. The zero-order valence-electron chi connectivity index (χ0n) is 11.8. The molecule has 1 aliphatic carbocycles. The Morgan fingerprint density at radius 2 is 2.05 bits per heavy atom. The average Bonchev–Trinajstić information content (AvgIpc) is 2.77. The van der Waals surface area contributed by atoms with Gasteiger partial charge in [0, 0.05) is 12.2 Å². The first-order valence-electron chi connectivity index (χ1n) is 7.38. The van der Waals surface area contributed by atoms with Crippen molar-refractivity contribution in [2.24, 2.45) is 0 Å². The molecular formula is C14H22F3N3. The maximum Gasteiger partial charge on any atom is 0.435 e. The molecule has 0 aromatic carbocycles. The molecule has 0 amide bonds. The van der Waals surface area contributed by atoms with Crippen molar-refractivity contribution >= 4 is 0 Å². The lowest BCUT2D eigenvalue weighted by Gasteiger charge is -2.26. The Balaban J connectivity index is 2.15. The van der Waals surface area contributed by atoms with E-state index in [0.717, 1.165) is 51.1 Å². The van der Waals surface area contributed by atoms with Gasteiger partial charge in [-0.15, -0.1) is 0 Å². The molecule has 0 saturated heterocycles. The Morgan fingerprint density at radius 1 is 1.30 bits per heavy atom. The molecule has 0 bridgehead atoms. The van der Waals surface area contributed by atoms with E-state index in [4.69, 9.17) is 0 Å². The Hall–Kier alpha value is -1.04. The van der Waals surface area contributed by atoms with E-state index in [2.05, 4.69) is 17.3 Å². The summed E-state index contributed by atoms with van der Waals surface area (Å²) in [4.78, 5) is 0. The molecule has 1 heterocycles. The second-order valence-electron chi connectivity index (χ2n) is 5.44. The second kappa shape index (κ2) is 6.61. The van der Waals surface area contributed by atoms with Crippen LogP contribution in [-0.2, 0) is 6.18 Å². The van der Waals surface area contributed by atoms with Crippen LogP contribution in [0.2, 0.25) is 0 Å². The van der Waals surface area contributed by atoms with E-state index in [9.17, 15) is 13.2 Å². The highest BCUT2D eigenvalue weighted by molar-refractivity contribution is 5.04. The van der Waals surface area contributed by atoms with E-state index in [1.807, 2.05) is 0 Å². The molecule has 1 aromatic heterocycles. The SMILES string of the molecule is CCCNC1CCCCCC1n1ccc(C(F)(F)F)n1. The van der Waals surface area contributed by atoms with Gasteiger partial charge in [0.25, 0.3) is 0 Å². The van der Waals surface area contributed by atoms with Gasteiger partial charge < -0.3 is 5.32 Å². The van der Waals surface area contributed by atoms with Crippen LogP contribution in [0.3, 0.4) is 0 Å². The zero-order valence-corrected chi connectivity index (χ0v) is 11.8. The smallest absolute Gasteiger partial charge is 0.312 e. The lowest BCUT2D eigenvalue weighted by Crippen LogP contribution is -2.37. The van der Waals surface area contributed by atoms with E-state index in [1.165, 1.54) is 10.9 Å². The number of nitrogens with zero attached hydrogens (tertiary/aromatic N) is 2. The molecule has 1 fully saturated rings. The monoisotopic (exact) mass is 289 g/mol. The van der Waals surface area contributed by atoms with Gasteiger partial charge in [-0.05, 0) is 31.9 Å². The topological polar surface area (TPSA) is 29.9 Å². The van der Waals surface area contributed by atoms with Crippen molar-refractivity contribution in [3.8, 4) is 0 Å². The van der Waals surface area contributed by atoms with E-state index >= 15 is 0 Å². The highest BCUT2D eigenvalue weighted by Gasteiger charge is 2.35. The summed E-state index contributed by atoms with van der Waals surface area (Å²) in [6.07, 6.45) is 3.36. The maximum atomic E-state index is 12.7. The molecule has 0 aliphatic heterocycles. The number of rotatable bonds is 4. The fourth-order valence-corrected chi connectivity index (χ4v) is 2.85. The van der Waals surface area contributed by atoms with Crippen LogP contribution < -0.4 is 5.32 Å². The fraction of sp³-hybridized carbons (Fsp3) is 0.786. The Labute approximate surface area is 117 Å². The van der Waals surface area contributed by atoms with Crippen molar-refractivity contribution in [2.75, 3.05) is 6.54 Å². The molecule has 6 heteroatoms. The average molecular weight is 289 g/mol. The van der Waals surface area contributed by atoms with Gasteiger partial charge in [-0.3, -0.25) is 4.68 Å². The van der Waals surface area contributed by atoms with Crippen molar-refractivity contribution < 1.29 is 13.2 Å². The number of hydrogen-bond donors (Lipinski definition) is 1. The number of hydrogen-bond acceptors (Lipinski definition) is 2. The molecule has 2 unspecified atom stereocenters. The van der Waals surface area contributed by atoms with E-state index < -0.39 is 11.9 Å². The van der Waals surface area contributed by atoms with E-state index in [1.54, 1.807) is 0 Å². The Bertz CT molecular complexity index is 414. The van der Waals surface area contributed by atoms with Gasteiger partial charge >= 0.3 is 6.18 Å². The largest absolute Gasteiger partial charge is 0.435 e. The predicted molar refractivity (Wildman–Crippen MR) is 71.4 cm³/mol. The first-order valence-corrected chi connectivity index (χ1v) is 7.38. The summed E-state index contributed by atoms with van der Waals surface area (Å²) in [6.45, 7) is 2.99. The molecule has 0 radical (unpaired) electrons. The van der Waals surface area contributed by atoms with Crippen LogP contribution >= 0.6 is 0 Å². The highest BCUT2D eigenvalue weighted by atomic mass is 19.4. The second-order valence-corrected chi connectivity index (χ2v) is 5.44. The van der Waals surface area contributed by atoms with Gasteiger partial charge in [-0.1, -0.05) is 26.2 Å². The standard InChI is InChI=1S/C14H22F3N3/c1-2-9-18-11-6-4-3-5-7-12(11)20-10-8-13(19-20)14(15,16)17/h8,10-12,18H,2-7,9H2,1H3. The first-order chi connectivity index (χ1) is 9.52. The van der Waals surface area contributed by atoms with Crippen LogP contribution in [0.1, 0.15) is 57.2 Å². The highest BCUT2D eigenvalue weighted by Crippen LogP contribution is 2.31. The zero-order chi connectivity index (χ0) is 14.6. The third-order valence-electron chi connectivity index (χ3n) is 3.87. The number of halogens is 3. The summed E-state index contributed by atoms with van der Waals surface area (Å²) >= 11 is 0. The number of alkyl halides is 3. The van der Waals surface area contributed by atoms with Gasteiger partial charge in [0.2, 0.25) is 0 Å². The minimum absolute atomic E-state index is 0.0279. The molecule has 3 nitrogen and oxygen atoms in total. The van der Waals surface area contributed by atoms with E-state index in [-0.39, 0.29) is 12.1 Å². The van der Waals surface area contributed by atoms with Crippen LogP contribution in [0.25, 0.3) is 0 Å². The molecule has 114 valence electrons. The van der Waals surface area contributed by atoms with Gasteiger partial charge in [0.15, 0.2) is 5.69 Å². The summed E-state index contributed by atoms with van der Waals surface area (Å²) in [6, 6.07) is 1.32. The maximum absolute atomic E-state index is 12.7. The summed E-state index contributed by atoms with van der Waals surface area (Å²) in [5, 5.41) is 7.22. The molecule has 2 rings (SSSR count). The fourth-order valence-electron chi connectivity index (χ4n) is 2.85. The minimum atomic E-state index is -4.36. The van der Waals surface area contributed by atoms with Gasteiger partial charge in [-0.2, -0.15) is 18.3 Å². The lowest BCUT2D eigenvalue weighted by atomic mass is 10.0. The van der Waals surface area contributed by atoms with Gasteiger partial charge in [0.1, 0.15) is 0 Å². The normalized spacial score (nSPS) is 24.6. The van der Waals surface area contributed by atoms with Gasteiger partial charge in [-0.25, -0.2) is 0 Å². The van der Waals surface area contributed by atoms with E-state index in [0.29, 0.717) is 0 Å². The van der Waals surface area contributed by atoms with Crippen LogP contribution in [0.4, 0.5) is 13.2 Å². The molecule has 1 saturated carbocycles. The van der Waals surface area contributed by atoms with Crippen molar-refractivity contribution in [3.63, 3.8) is 0 Å². The van der Waals surface area contributed by atoms with Crippen LogP contribution in [0, 0.1) is 0 Å². The van der Waals surface area contributed by atoms with Gasteiger partial charge in [0.05, 0.1) is 6.04 Å². The van der Waals surface area contributed by atoms with Crippen LogP contribution in [0.15, 0.2) is 12.3 Å². The molecule has 0 spiro atoms. The minimum Gasteiger partial charge on any atom is -0.312 e. The van der Waals surface area contributed by atoms with Crippen molar-refractivity contribution in [1.82, 2.24) is 15.1 Å². The Kier molecular flexibility index (Phi) is 5.07. The third kappa shape index (κ3) is 3.75. The van der Waals surface area contributed by atoms with Crippen molar-refractivity contribution in [1.29, 1.82) is 0 Å². The summed E-state index contributed by atoms with van der Waals surface area (Å²) < 4.78 is 39.5. The van der Waals surface area contributed by atoms with Crippen molar-refractivity contribution in [2.45, 2.75) is 63.7 Å². The third-order valence-corrected chi connectivity index (χ3v) is 3.87. The number of nitrogens with one attached hydrogen (secondary N) is 1. The summed E-state index contributed by atoms with van der Waals surface area (Å²) in [5.41, 5.74) is -0.795. The lowest BCUT2D eigenvalue weighted by molar-refractivity contribution is -0.141. The summed E-state index contributed by atoms with van der Waals surface area (Å²) in [5.74, 6) is 0.